The van der Waals surface area contributed by atoms with Gasteiger partial charge in [0.15, 0.2) is 5.65 Å². The van der Waals surface area contributed by atoms with Crippen molar-refractivity contribution in [2.45, 2.75) is 20.3 Å². The minimum atomic E-state index is -0.240. The molecule has 16 heavy (non-hydrogen) atoms. The second kappa shape index (κ2) is 3.15. The lowest BCUT2D eigenvalue weighted by atomic mass is 10.1. The molecule has 0 radical (unpaired) electrons. The number of aryl methyl sites for hydroxylation is 2. The Hall–Kier alpha value is -1.69. The van der Waals surface area contributed by atoms with Crippen LogP contribution in [-0.2, 0) is 6.42 Å². The van der Waals surface area contributed by atoms with E-state index in [9.17, 15) is 4.79 Å². The summed E-state index contributed by atoms with van der Waals surface area (Å²) in [5.41, 5.74) is 1.67. The molecule has 6 heteroatoms. The first-order chi connectivity index (χ1) is 7.72. The number of aromatic nitrogens is 4. The Morgan fingerprint density at radius 1 is 1.56 bits per heavy atom. The second-order valence-electron chi connectivity index (χ2n) is 3.64. The molecule has 3 rings (SSSR count). The highest BCUT2D eigenvalue weighted by atomic mass is 32.1. The predicted octanol–water partition coefficient (Wildman–Crippen LogP) is 1.50. The summed E-state index contributed by atoms with van der Waals surface area (Å²) in [4.78, 5) is 17.9. The van der Waals surface area contributed by atoms with E-state index in [2.05, 4.69) is 29.0 Å². The molecule has 0 fully saturated rings. The SMILES string of the molecule is CCc1c(C)sc2ncn3c(=O)[nH]nc3c12. The van der Waals surface area contributed by atoms with E-state index in [0.29, 0.717) is 5.65 Å². The molecule has 1 N–H and O–H groups in total. The predicted molar refractivity (Wildman–Crippen MR) is 63.1 cm³/mol. The minimum absolute atomic E-state index is 0.240. The van der Waals surface area contributed by atoms with Crippen LogP contribution >= 0.6 is 11.3 Å². The van der Waals surface area contributed by atoms with Gasteiger partial charge < -0.3 is 0 Å². The van der Waals surface area contributed by atoms with E-state index in [1.165, 1.54) is 21.2 Å². The Labute approximate surface area is 94.8 Å². The van der Waals surface area contributed by atoms with Crippen molar-refractivity contribution in [1.82, 2.24) is 19.6 Å². The molecule has 0 aliphatic heterocycles. The van der Waals surface area contributed by atoms with Crippen LogP contribution in [-0.4, -0.2) is 19.6 Å². The van der Waals surface area contributed by atoms with Crippen LogP contribution in [0.25, 0.3) is 15.9 Å². The second-order valence-corrected chi connectivity index (χ2v) is 4.84. The van der Waals surface area contributed by atoms with Gasteiger partial charge in [-0.2, -0.15) is 5.10 Å². The maximum atomic E-state index is 11.4. The van der Waals surface area contributed by atoms with Gasteiger partial charge in [-0.15, -0.1) is 11.3 Å². The number of nitrogens with zero attached hydrogens (tertiary/aromatic N) is 3. The van der Waals surface area contributed by atoms with E-state index in [-0.39, 0.29) is 5.69 Å². The summed E-state index contributed by atoms with van der Waals surface area (Å²) < 4.78 is 1.45. The maximum Gasteiger partial charge on any atom is 0.348 e. The Balaban J connectivity index is 2.62. The molecule has 3 aromatic heterocycles. The van der Waals surface area contributed by atoms with Gasteiger partial charge >= 0.3 is 5.69 Å². The summed E-state index contributed by atoms with van der Waals surface area (Å²) >= 11 is 1.65. The fourth-order valence-corrected chi connectivity index (χ4v) is 3.08. The quantitative estimate of drug-likeness (QED) is 0.694. The molecular weight excluding hydrogens is 224 g/mol. The van der Waals surface area contributed by atoms with E-state index in [1.807, 2.05) is 0 Å². The molecule has 3 heterocycles. The largest absolute Gasteiger partial charge is 0.348 e. The molecule has 0 saturated heterocycles. The van der Waals surface area contributed by atoms with Crippen molar-refractivity contribution in [3.63, 3.8) is 0 Å². The monoisotopic (exact) mass is 234 g/mol. The molecule has 5 nitrogen and oxygen atoms in total. The standard InChI is InChI=1S/C10H10N4OS/c1-3-6-5(2)16-9-7(6)8-12-13-10(15)14(8)4-11-9/h4H,3H2,1-2H3,(H,13,15). The first kappa shape index (κ1) is 9.53. The molecule has 0 unspecified atom stereocenters. The van der Waals surface area contributed by atoms with Gasteiger partial charge in [-0.25, -0.2) is 19.3 Å². The molecule has 0 spiro atoms. The lowest BCUT2D eigenvalue weighted by Gasteiger charge is -1.96. The van der Waals surface area contributed by atoms with Crippen LogP contribution in [0.2, 0.25) is 0 Å². The average molecular weight is 234 g/mol. The number of H-pyrrole nitrogens is 1. The fourth-order valence-electron chi connectivity index (χ4n) is 2.01. The molecule has 3 aromatic rings. The van der Waals surface area contributed by atoms with E-state index in [1.54, 1.807) is 11.3 Å². The molecule has 0 amide bonds. The van der Waals surface area contributed by atoms with Crippen LogP contribution in [0.4, 0.5) is 0 Å². The van der Waals surface area contributed by atoms with E-state index in [4.69, 9.17) is 0 Å². The zero-order valence-corrected chi connectivity index (χ0v) is 9.76. The molecule has 0 bridgehead atoms. The van der Waals surface area contributed by atoms with E-state index in [0.717, 1.165) is 16.6 Å². The van der Waals surface area contributed by atoms with Crippen molar-refractivity contribution in [1.29, 1.82) is 0 Å². The first-order valence-corrected chi connectivity index (χ1v) is 5.87. The van der Waals surface area contributed by atoms with Gasteiger partial charge in [0.05, 0.1) is 5.39 Å². The third-order valence-electron chi connectivity index (χ3n) is 2.76. The molecule has 0 atom stereocenters. The summed E-state index contributed by atoms with van der Waals surface area (Å²) in [6.45, 7) is 4.18. The molecule has 82 valence electrons. The number of fused-ring (bicyclic) bond motifs is 3. The lowest BCUT2D eigenvalue weighted by molar-refractivity contribution is 1.00. The molecule has 0 aliphatic rings. The third kappa shape index (κ3) is 1.07. The Kier molecular flexibility index (Phi) is 1.88. The van der Waals surface area contributed by atoms with Crippen LogP contribution in [0.15, 0.2) is 11.1 Å². The normalized spacial score (nSPS) is 11.6. The van der Waals surface area contributed by atoms with Gasteiger partial charge in [0, 0.05) is 4.88 Å². The van der Waals surface area contributed by atoms with Crippen LogP contribution < -0.4 is 5.69 Å². The summed E-state index contributed by atoms with van der Waals surface area (Å²) in [5, 5.41) is 7.52. The lowest BCUT2D eigenvalue weighted by Crippen LogP contribution is -2.09. The number of thiophene rings is 1. The van der Waals surface area contributed by atoms with Crippen LogP contribution in [0.5, 0.6) is 0 Å². The van der Waals surface area contributed by atoms with Crippen molar-refractivity contribution in [3.8, 4) is 0 Å². The topological polar surface area (TPSA) is 63.1 Å². The Morgan fingerprint density at radius 2 is 2.38 bits per heavy atom. The van der Waals surface area contributed by atoms with Crippen molar-refractivity contribution < 1.29 is 0 Å². The summed E-state index contributed by atoms with van der Waals surface area (Å²) in [5.74, 6) is 0. The Morgan fingerprint density at radius 3 is 3.12 bits per heavy atom. The van der Waals surface area contributed by atoms with Crippen molar-refractivity contribution in [2.75, 3.05) is 0 Å². The van der Waals surface area contributed by atoms with Gasteiger partial charge in [-0.1, -0.05) is 6.92 Å². The van der Waals surface area contributed by atoms with Crippen LogP contribution in [0.3, 0.4) is 0 Å². The first-order valence-electron chi connectivity index (χ1n) is 5.06. The summed E-state index contributed by atoms with van der Waals surface area (Å²) in [6.07, 6.45) is 2.45. The Bertz CT molecular complexity index is 736. The van der Waals surface area contributed by atoms with E-state index < -0.39 is 0 Å². The average Bonchev–Trinajstić information content (AvgIpc) is 2.78. The van der Waals surface area contributed by atoms with Gasteiger partial charge in [-0.3, -0.25) is 0 Å². The molecule has 0 aromatic carbocycles. The number of nitrogens with one attached hydrogen (secondary N) is 1. The minimum Gasteiger partial charge on any atom is -0.246 e. The van der Waals surface area contributed by atoms with Gasteiger partial charge in [0.2, 0.25) is 0 Å². The number of hydrogen-bond donors (Lipinski definition) is 1. The number of hydrogen-bond acceptors (Lipinski definition) is 4. The van der Waals surface area contributed by atoms with Crippen molar-refractivity contribution in [2.24, 2.45) is 0 Å². The number of aromatic amines is 1. The number of rotatable bonds is 1. The van der Waals surface area contributed by atoms with Crippen molar-refractivity contribution >= 4 is 27.2 Å². The van der Waals surface area contributed by atoms with Crippen molar-refractivity contribution in [3.05, 3.63) is 27.3 Å². The van der Waals surface area contributed by atoms with Gasteiger partial charge in [-0.05, 0) is 18.9 Å². The highest BCUT2D eigenvalue weighted by molar-refractivity contribution is 7.18. The van der Waals surface area contributed by atoms with E-state index >= 15 is 0 Å². The summed E-state index contributed by atoms with van der Waals surface area (Å²) in [7, 11) is 0. The highest BCUT2D eigenvalue weighted by Gasteiger charge is 2.14. The van der Waals surface area contributed by atoms with Crippen LogP contribution in [0, 0.1) is 6.92 Å². The highest BCUT2D eigenvalue weighted by Crippen LogP contribution is 2.31. The molecule has 0 aliphatic carbocycles. The van der Waals surface area contributed by atoms with Gasteiger partial charge in [0.1, 0.15) is 11.2 Å². The third-order valence-corrected chi connectivity index (χ3v) is 3.82. The zero-order valence-electron chi connectivity index (χ0n) is 8.94. The maximum absolute atomic E-state index is 11.4. The van der Waals surface area contributed by atoms with Gasteiger partial charge in [0.25, 0.3) is 0 Å². The van der Waals surface area contributed by atoms with Crippen LogP contribution in [0.1, 0.15) is 17.4 Å². The molecular formula is C10H10N4OS. The fraction of sp³-hybridized carbons (Fsp3) is 0.300. The smallest absolute Gasteiger partial charge is 0.246 e. The molecule has 0 saturated carbocycles. The summed E-state index contributed by atoms with van der Waals surface area (Å²) in [6, 6.07) is 0. The zero-order chi connectivity index (χ0) is 11.3.